The van der Waals surface area contributed by atoms with Crippen molar-refractivity contribution in [2.45, 2.75) is 6.04 Å². The summed E-state index contributed by atoms with van der Waals surface area (Å²) < 4.78 is 12.7. The van der Waals surface area contributed by atoms with Crippen LogP contribution in [0.4, 0.5) is 0 Å². The van der Waals surface area contributed by atoms with Crippen LogP contribution in [0, 0.1) is 0 Å². The zero-order valence-corrected chi connectivity index (χ0v) is 13.2. The molecule has 0 bridgehead atoms. The molecule has 0 aliphatic rings. The van der Waals surface area contributed by atoms with Crippen molar-refractivity contribution < 1.29 is 9.15 Å². The van der Waals surface area contributed by atoms with Crippen molar-refractivity contribution >= 4 is 31.9 Å². The third-order valence-electron chi connectivity index (χ3n) is 2.71. The van der Waals surface area contributed by atoms with E-state index >= 15 is 0 Å². The Labute approximate surface area is 123 Å². The largest absolute Gasteiger partial charge is 0.497 e. The number of ether oxygens (including phenoxy) is 1. The highest BCUT2D eigenvalue weighted by Gasteiger charge is 2.21. The Kier molecular flexibility index (Phi) is 4.48. The molecule has 0 saturated carbocycles. The van der Waals surface area contributed by atoms with Gasteiger partial charge in [-0.15, -0.1) is 0 Å². The van der Waals surface area contributed by atoms with E-state index in [0.29, 0.717) is 0 Å². The van der Waals surface area contributed by atoms with Gasteiger partial charge in [-0.25, -0.2) is 0 Å². The Morgan fingerprint density at radius 2 is 2.00 bits per heavy atom. The molecule has 0 fully saturated rings. The van der Waals surface area contributed by atoms with Gasteiger partial charge in [-0.1, -0.05) is 15.9 Å². The number of nitrogens with one attached hydrogen (secondary N) is 1. The number of methoxy groups -OCH3 is 1. The van der Waals surface area contributed by atoms with Crippen LogP contribution in [0.25, 0.3) is 0 Å². The molecule has 1 N–H and O–H groups in total. The molecule has 1 unspecified atom stereocenters. The fraction of sp³-hybridized carbons (Fsp3) is 0.231. The Balaban J connectivity index is 2.48. The minimum atomic E-state index is -0.0427. The van der Waals surface area contributed by atoms with Gasteiger partial charge in [0.05, 0.1) is 23.9 Å². The molecule has 96 valence electrons. The molecule has 5 heteroatoms. The minimum Gasteiger partial charge on any atom is -0.497 e. The minimum absolute atomic E-state index is 0.0427. The van der Waals surface area contributed by atoms with Gasteiger partial charge in [-0.05, 0) is 52.8 Å². The highest BCUT2D eigenvalue weighted by atomic mass is 79.9. The maximum Gasteiger partial charge on any atom is 0.139 e. The van der Waals surface area contributed by atoms with Crippen LogP contribution in [0.2, 0.25) is 0 Å². The third-order valence-corrected chi connectivity index (χ3v) is 4.09. The first kappa shape index (κ1) is 13.6. The molecule has 0 saturated heterocycles. The fourth-order valence-corrected chi connectivity index (χ4v) is 2.72. The Morgan fingerprint density at radius 1 is 1.22 bits per heavy atom. The number of furan rings is 1. The van der Waals surface area contributed by atoms with E-state index in [1.165, 1.54) is 0 Å². The zero-order valence-electron chi connectivity index (χ0n) is 10.0. The molecule has 18 heavy (non-hydrogen) atoms. The molecule has 1 atom stereocenters. The SMILES string of the molecule is CNC(c1cc(OC)ccc1Br)c1occc1Br. The number of hydrogen-bond donors (Lipinski definition) is 1. The molecule has 2 aromatic rings. The summed E-state index contributed by atoms with van der Waals surface area (Å²) in [5.41, 5.74) is 1.06. The maximum atomic E-state index is 5.53. The smallest absolute Gasteiger partial charge is 0.139 e. The van der Waals surface area contributed by atoms with Crippen molar-refractivity contribution in [2.75, 3.05) is 14.2 Å². The van der Waals surface area contributed by atoms with Crippen LogP contribution in [0.1, 0.15) is 17.4 Å². The van der Waals surface area contributed by atoms with Gasteiger partial charge in [0.15, 0.2) is 0 Å². The van der Waals surface area contributed by atoms with Gasteiger partial charge in [-0.3, -0.25) is 0 Å². The van der Waals surface area contributed by atoms with E-state index in [4.69, 9.17) is 9.15 Å². The molecular formula is C13H13Br2NO2. The zero-order chi connectivity index (χ0) is 13.1. The Morgan fingerprint density at radius 3 is 2.56 bits per heavy atom. The van der Waals surface area contributed by atoms with Gasteiger partial charge in [0.1, 0.15) is 11.5 Å². The first-order valence-electron chi connectivity index (χ1n) is 5.41. The van der Waals surface area contributed by atoms with E-state index in [-0.39, 0.29) is 6.04 Å². The lowest BCUT2D eigenvalue weighted by Gasteiger charge is -2.17. The molecule has 0 radical (unpaired) electrons. The first-order chi connectivity index (χ1) is 8.67. The summed E-state index contributed by atoms with van der Waals surface area (Å²) in [6, 6.07) is 7.71. The van der Waals surface area contributed by atoms with Gasteiger partial charge >= 0.3 is 0 Å². The van der Waals surface area contributed by atoms with E-state index in [0.717, 1.165) is 26.0 Å². The van der Waals surface area contributed by atoms with Crippen molar-refractivity contribution in [2.24, 2.45) is 0 Å². The van der Waals surface area contributed by atoms with E-state index in [1.54, 1.807) is 13.4 Å². The number of rotatable bonds is 4. The monoisotopic (exact) mass is 373 g/mol. The van der Waals surface area contributed by atoms with E-state index < -0.39 is 0 Å². The number of hydrogen-bond acceptors (Lipinski definition) is 3. The van der Waals surface area contributed by atoms with Gasteiger partial charge in [0.25, 0.3) is 0 Å². The predicted molar refractivity (Wildman–Crippen MR) is 78.0 cm³/mol. The van der Waals surface area contributed by atoms with Crippen molar-refractivity contribution in [3.8, 4) is 5.75 Å². The number of halogens is 2. The molecular weight excluding hydrogens is 362 g/mol. The first-order valence-corrected chi connectivity index (χ1v) is 6.99. The molecule has 3 nitrogen and oxygen atoms in total. The highest BCUT2D eigenvalue weighted by Crippen LogP contribution is 2.34. The van der Waals surface area contributed by atoms with Crippen LogP contribution < -0.4 is 10.1 Å². The van der Waals surface area contributed by atoms with E-state index in [9.17, 15) is 0 Å². The maximum absolute atomic E-state index is 5.53. The van der Waals surface area contributed by atoms with Crippen molar-refractivity contribution in [1.82, 2.24) is 5.32 Å². The lowest BCUT2D eigenvalue weighted by Crippen LogP contribution is -2.18. The normalized spacial score (nSPS) is 12.4. The molecule has 2 rings (SSSR count). The van der Waals surface area contributed by atoms with Crippen molar-refractivity contribution in [1.29, 1.82) is 0 Å². The topological polar surface area (TPSA) is 34.4 Å². The summed E-state index contributed by atoms with van der Waals surface area (Å²) in [7, 11) is 3.55. The molecule has 1 aromatic heterocycles. The quantitative estimate of drug-likeness (QED) is 0.873. The average molecular weight is 375 g/mol. The fourth-order valence-electron chi connectivity index (χ4n) is 1.81. The van der Waals surface area contributed by atoms with Crippen molar-refractivity contribution in [3.05, 3.63) is 50.8 Å². The standard InChI is InChI=1S/C13H13Br2NO2/c1-16-12(13-11(15)5-6-18-13)9-7-8(17-2)3-4-10(9)14/h3-7,12,16H,1-2H3. The summed E-state index contributed by atoms with van der Waals surface area (Å²) in [4.78, 5) is 0. The lowest BCUT2D eigenvalue weighted by atomic mass is 10.0. The van der Waals surface area contributed by atoms with Crippen LogP contribution in [0.5, 0.6) is 5.75 Å². The summed E-state index contributed by atoms with van der Waals surface area (Å²) in [6.07, 6.45) is 1.66. The summed E-state index contributed by atoms with van der Waals surface area (Å²) >= 11 is 7.04. The van der Waals surface area contributed by atoms with Gasteiger partial charge in [0.2, 0.25) is 0 Å². The lowest BCUT2D eigenvalue weighted by molar-refractivity contribution is 0.412. The Bertz CT molecular complexity index is 540. The second-order valence-electron chi connectivity index (χ2n) is 3.74. The molecule has 0 spiro atoms. The summed E-state index contributed by atoms with van der Waals surface area (Å²) in [6.45, 7) is 0. The van der Waals surface area contributed by atoms with Crippen molar-refractivity contribution in [3.63, 3.8) is 0 Å². The summed E-state index contributed by atoms with van der Waals surface area (Å²) in [5.74, 6) is 1.66. The second-order valence-corrected chi connectivity index (χ2v) is 5.45. The van der Waals surface area contributed by atoms with Crippen LogP contribution in [0.3, 0.4) is 0 Å². The van der Waals surface area contributed by atoms with Gasteiger partial charge in [0, 0.05) is 4.47 Å². The third kappa shape index (κ3) is 2.63. The molecule has 0 aliphatic carbocycles. The van der Waals surface area contributed by atoms with E-state index in [1.807, 2.05) is 31.3 Å². The van der Waals surface area contributed by atoms with Crippen LogP contribution in [-0.4, -0.2) is 14.2 Å². The van der Waals surface area contributed by atoms with Crippen LogP contribution in [0.15, 0.2) is 43.9 Å². The van der Waals surface area contributed by atoms with Gasteiger partial charge < -0.3 is 14.5 Å². The highest BCUT2D eigenvalue weighted by molar-refractivity contribution is 9.10. The second kappa shape index (κ2) is 5.91. The van der Waals surface area contributed by atoms with E-state index in [2.05, 4.69) is 37.2 Å². The predicted octanol–water partition coefficient (Wildman–Crippen LogP) is 4.12. The molecule has 0 amide bonds. The average Bonchev–Trinajstić information content (AvgIpc) is 2.79. The van der Waals surface area contributed by atoms with Gasteiger partial charge in [-0.2, -0.15) is 0 Å². The molecule has 1 aromatic carbocycles. The molecule has 1 heterocycles. The molecule has 0 aliphatic heterocycles. The summed E-state index contributed by atoms with van der Waals surface area (Å²) in [5, 5.41) is 3.24. The Hall–Kier alpha value is -0.780. The van der Waals surface area contributed by atoms with Crippen LogP contribution >= 0.6 is 31.9 Å². The van der Waals surface area contributed by atoms with Crippen LogP contribution in [-0.2, 0) is 0 Å². The number of benzene rings is 1.